The van der Waals surface area contributed by atoms with Crippen LogP contribution in [0.1, 0.15) is 48.2 Å². The first-order valence-electron chi connectivity index (χ1n) is 11.2. The van der Waals surface area contributed by atoms with Crippen molar-refractivity contribution < 1.29 is 23.5 Å². The van der Waals surface area contributed by atoms with Crippen LogP contribution in [-0.2, 0) is 16.0 Å². The van der Waals surface area contributed by atoms with E-state index in [1.54, 1.807) is 26.0 Å². The molecule has 0 radical (unpaired) electrons. The number of esters is 1. The van der Waals surface area contributed by atoms with Gasteiger partial charge in [-0.15, -0.1) is 0 Å². The summed E-state index contributed by atoms with van der Waals surface area (Å²) in [6.07, 6.45) is 0.659. The Kier molecular flexibility index (Phi) is 8.05. The van der Waals surface area contributed by atoms with Gasteiger partial charge in [-0.25, -0.2) is 9.18 Å². The van der Waals surface area contributed by atoms with Crippen LogP contribution >= 0.6 is 0 Å². The number of benzene rings is 3. The van der Waals surface area contributed by atoms with Crippen LogP contribution < -0.4 is 10.1 Å². The number of halogens is 1. The molecular weight excluding hydrogens is 433 g/mol. The van der Waals surface area contributed by atoms with Crippen molar-refractivity contribution in [2.45, 2.75) is 44.8 Å². The largest absolute Gasteiger partial charge is 0.478 e. The third-order valence-corrected chi connectivity index (χ3v) is 5.75. The second-order valence-electron chi connectivity index (χ2n) is 8.74. The molecular formula is C28H30FNO4. The van der Waals surface area contributed by atoms with Crippen LogP contribution in [0.25, 0.3) is 0 Å². The summed E-state index contributed by atoms with van der Waals surface area (Å²) in [6, 6.07) is 22.6. The van der Waals surface area contributed by atoms with Gasteiger partial charge in [0.25, 0.3) is 5.91 Å². The molecule has 0 heterocycles. The standard InChI is InChI=1S/C28H30FNO4/c1-19(30-27(32)28(2,3)34-24-16-14-23(29)15-17-24)25(21-8-6-5-7-9-21)18-20-10-12-22(13-11-20)26(31)33-4/h5-17,19,25H,18H2,1-4H3,(H,30,32). The first kappa shape index (κ1) is 25.0. The lowest BCUT2D eigenvalue weighted by molar-refractivity contribution is -0.135. The summed E-state index contributed by atoms with van der Waals surface area (Å²) in [4.78, 5) is 24.9. The highest BCUT2D eigenvalue weighted by Gasteiger charge is 2.33. The van der Waals surface area contributed by atoms with Crippen molar-refractivity contribution in [3.05, 3.63) is 101 Å². The summed E-state index contributed by atoms with van der Waals surface area (Å²) < 4.78 is 23.8. The molecule has 178 valence electrons. The molecule has 2 atom stereocenters. The summed E-state index contributed by atoms with van der Waals surface area (Å²) >= 11 is 0. The molecule has 3 aromatic carbocycles. The van der Waals surface area contributed by atoms with Gasteiger partial charge < -0.3 is 14.8 Å². The van der Waals surface area contributed by atoms with Crippen molar-refractivity contribution in [3.63, 3.8) is 0 Å². The molecule has 0 fully saturated rings. The van der Waals surface area contributed by atoms with Crippen LogP contribution in [0, 0.1) is 5.82 Å². The number of nitrogens with one attached hydrogen (secondary N) is 1. The Balaban J connectivity index is 1.76. The van der Waals surface area contributed by atoms with Crippen LogP contribution in [-0.4, -0.2) is 30.6 Å². The number of carbonyl (C=O) groups excluding carboxylic acids is 2. The lowest BCUT2D eigenvalue weighted by Gasteiger charge is -2.31. The molecule has 3 aromatic rings. The quantitative estimate of drug-likeness (QED) is 0.438. The third kappa shape index (κ3) is 6.44. The molecule has 0 aliphatic rings. The van der Waals surface area contributed by atoms with E-state index in [0.717, 1.165) is 11.1 Å². The maximum atomic E-state index is 13.2. The van der Waals surface area contributed by atoms with Gasteiger partial charge in [-0.2, -0.15) is 0 Å². The Hall–Kier alpha value is -3.67. The Labute approximate surface area is 199 Å². The van der Waals surface area contributed by atoms with Gasteiger partial charge in [0.15, 0.2) is 5.60 Å². The van der Waals surface area contributed by atoms with Crippen molar-refractivity contribution in [3.8, 4) is 5.75 Å². The number of methoxy groups -OCH3 is 1. The predicted octanol–water partition coefficient (Wildman–Crippen LogP) is 5.30. The van der Waals surface area contributed by atoms with E-state index >= 15 is 0 Å². The van der Waals surface area contributed by atoms with Crippen LogP contribution in [0.2, 0.25) is 0 Å². The Morgan fingerprint density at radius 3 is 2.15 bits per heavy atom. The number of ether oxygens (including phenoxy) is 2. The molecule has 2 unspecified atom stereocenters. The highest BCUT2D eigenvalue weighted by atomic mass is 19.1. The number of amides is 1. The Bertz CT molecular complexity index is 1100. The zero-order valence-corrected chi connectivity index (χ0v) is 19.9. The third-order valence-electron chi connectivity index (χ3n) is 5.75. The smallest absolute Gasteiger partial charge is 0.337 e. The fourth-order valence-corrected chi connectivity index (χ4v) is 3.76. The summed E-state index contributed by atoms with van der Waals surface area (Å²) in [6.45, 7) is 5.33. The molecule has 3 rings (SSSR count). The van der Waals surface area contributed by atoms with E-state index in [4.69, 9.17) is 9.47 Å². The van der Waals surface area contributed by atoms with Crippen molar-refractivity contribution in [2.75, 3.05) is 7.11 Å². The van der Waals surface area contributed by atoms with Gasteiger partial charge in [0.05, 0.1) is 12.7 Å². The highest BCUT2D eigenvalue weighted by Crippen LogP contribution is 2.26. The normalized spacial score (nSPS) is 13.0. The molecule has 1 amide bonds. The fraction of sp³-hybridized carbons (Fsp3) is 0.286. The number of carbonyl (C=O) groups is 2. The summed E-state index contributed by atoms with van der Waals surface area (Å²) in [5.41, 5.74) is 1.45. The maximum Gasteiger partial charge on any atom is 0.337 e. The van der Waals surface area contributed by atoms with Gasteiger partial charge in [-0.05, 0) is 74.7 Å². The minimum absolute atomic E-state index is 0.0178. The lowest BCUT2D eigenvalue weighted by Crippen LogP contribution is -2.51. The van der Waals surface area contributed by atoms with Crippen LogP contribution in [0.15, 0.2) is 78.9 Å². The van der Waals surface area contributed by atoms with E-state index in [1.807, 2.05) is 49.4 Å². The minimum atomic E-state index is -1.16. The number of hydrogen-bond acceptors (Lipinski definition) is 4. The Morgan fingerprint density at radius 2 is 1.56 bits per heavy atom. The van der Waals surface area contributed by atoms with Gasteiger partial charge >= 0.3 is 5.97 Å². The molecule has 0 aliphatic heterocycles. The van der Waals surface area contributed by atoms with Crippen molar-refractivity contribution in [1.82, 2.24) is 5.32 Å². The van der Waals surface area contributed by atoms with Crippen molar-refractivity contribution in [2.24, 2.45) is 0 Å². The molecule has 5 nitrogen and oxygen atoms in total. The van der Waals surface area contributed by atoms with Crippen LogP contribution in [0.5, 0.6) is 5.75 Å². The Morgan fingerprint density at radius 1 is 0.941 bits per heavy atom. The monoisotopic (exact) mass is 463 g/mol. The second kappa shape index (κ2) is 11.0. The highest BCUT2D eigenvalue weighted by molar-refractivity contribution is 5.89. The first-order chi connectivity index (χ1) is 16.2. The van der Waals surface area contributed by atoms with E-state index in [-0.39, 0.29) is 29.7 Å². The lowest BCUT2D eigenvalue weighted by atomic mass is 9.86. The SMILES string of the molecule is COC(=O)c1ccc(CC(c2ccccc2)C(C)NC(=O)C(C)(C)Oc2ccc(F)cc2)cc1. The van der Waals surface area contributed by atoms with Gasteiger partial charge in [0.1, 0.15) is 11.6 Å². The van der Waals surface area contributed by atoms with Gasteiger partial charge in [0.2, 0.25) is 0 Å². The molecule has 6 heteroatoms. The molecule has 0 spiro atoms. The van der Waals surface area contributed by atoms with E-state index in [9.17, 15) is 14.0 Å². The van der Waals surface area contributed by atoms with E-state index < -0.39 is 5.60 Å². The van der Waals surface area contributed by atoms with E-state index in [0.29, 0.717) is 17.7 Å². The second-order valence-corrected chi connectivity index (χ2v) is 8.74. The first-order valence-corrected chi connectivity index (χ1v) is 11.2. The minimum Gasteiger partial charge on any atom is -0.478 e. The van der Waals surface area contributed by atoms with E-state index in [2.05, 4.69) is 5.32 Å². The van der Waals surface area contributed by atoms with Gasteiger partial charge in [-0.1, -0.05) is 42.5 Å². The van der Waals surface area contributed by atoms with Crippen molar-refractivity contribution >= 4 is 11.9 Å². The van der Waals surface area contributed by atoms with Gasteiger partial charge in [0, 0.05) is 12.0 Å². The van der Waals surface area contributed by atoms with Crippen LogP contribution in [0.4, 0.5) is 4.39 Å². The number of hydrogen-bond donors (Lipinski definition) is 1. The summed E-state index contributed by atoms with van der Waals surface area (Å²) in [7, 11) is 1.35. The summed E-state index contributed by atoms with van der Waals surface area (Å²) in [5.74, 6) is -0.620. The molecule has 0 aromatic heterocycles. The molecule has 1 N–H and O–H groups in total. The average Bonchev–Trinajstić information content (AvgIpc) is 2.84. The number of rotatable bonds is 9. The topological polar surface area (TPSA) is 64.6 Å². The van der Waals surface area contributed by atoms with Crippen LogP contribution in [0.3, 0.4) is 0 Å². The maximum absolute atomic E-state index is 13.2. The average molecular weight is 464 g/mol. The predicted molar refractivity (Wildman–Crippen MR) is 129 cm³/mol. The van der Waals surface area contributed by atoms with Crippen molar-refractivity contribution in [1.29, 1.82) is 0 Å². The molecule has 0 bridgehead atoms. The fourth-order valence-electron chi connectivity index (χ4n) is 3.76. The van der Waals surface area contributed by atoms with E-state index in [1.165, 1.54) is 31.4 Å². The summed E-state index contributed by atoms with van der Waals surface area (Å²) in [5, 5.41) is 3.10. The molecule has 0 aliphatic carbocycles. The molecule has 0 saturated heterocycles. The molecule has 34 heavy (non-hydrogen) atoms. The zero-order valence-electron chi connectivity index (χ0n) is 19.9. The zero-order chi connectivity index (χ0) is 24.7. The van der Waals surface area contributed by atoms with Gasteiger partial charge in [-0.3, -0.25) is 4.79 Å². The molecule has 0 saturated carbocycles.